The maximum Gasteiger partial charge on any atom is 0.145 e. The second kappa shape index (κ2) is 6.51. The Bertz CT molecular complexity index is 667. The standard InChI is InChI=1S/C15H12BrFN2O/c1-19-9-10-2-5-15(11(6-10)8-18)20-12-3-4-13(16)14(17)7-12/h2-7,19H,9H2,1H3. The summed E-state index contributed by atoms with van der Waals surface area (Å²) in [6.07, 6.45) is 0. The zero-order chi connectivity index (χ0) is 14.5. The minimum atomic E-state index is -0.409. The van der Waals surface area contributed by atoms with Crippen LogP contribution in [0.15, 0.2) is 40.9 Å². The predicted octanol–water partition coefficient (Wildman–Crippen LogP) is 3.97. The molecule has 0 fully saturated rings. The molecule has 0 saturated carbocycles. The van der Waals surface area contributed by atoms with Crippen molar-refractivity contribution in [3.63, 3.8) is 0 Å². The van der Waals surface area contributed by atoms with Crippen molar-refractivity contribution in [3.05, 3.63) is 57.8 Å². The maximum absolute atomic E-state index is 13.4. The van der Waals surface area contributed by atoms with Gasteiger partial charge < -0.3 is 10.1 Å². The van der Waals surface area contributed by atoms with Gasteiger partial charge in [0.25, 0.3) is 0 Å². The van der Waals surface area contributed by atoms with E-state index in [0.717, 1.165) is 5.56 Å². The number of benzene rings is 2. The minimum absolute atomic E-state index is 0.351. The monoisotopic (exact) mass is 334 g/mol. The third-order valence-electron chi connectivity index (χ3n) is 2.66. The first-order valence-electron chi connectivity index (χ1n) is 5.94. The van der Waals surface area contributed by atoms with Gasteiger partial charge in [-0.15, -0.1) is 0 Å². The number of hydrogen-bond acceptors (Lipinski definition) is 3. The lowest BCUT2D eigenvalue weighted by atomic mass is 10.1. The summed E-state index contributed by atoms with van der Waals surface area (Å²) in [4.78, 5) is 0. The summed E-state index contributed by atoms with van der Waals surface area (Å²) >= 11 is 3.08. The molecule has 0 spiro atoms. The van der Waals surface area contributed by atoms with Gasteiger partial charge in [-0.1, -0.05) is 6.07 Å². The van der Waals surface area contributed by atoms with Crippen LogP contribution in [-0.2, 0) is 6.54 Å². The number of nitrogens with one attached hydrogen (secondary N) is 1. The number of nitriles is 1. The van der Waals surface area contributed by atoms with E-state index in [-0.39, 0.29) is 0 Å². The third-order valence-corrected chi connectivity index (χ3v) is 3.31. The fourth-order valence-electron chi connectivity index (χ4n) is 1.73. The molecule has 2 aromatic rings. The fraction of sp³-hybridized carbons (Fsp3) is 0.133. The quantitative estimate of drug-likeness (QED) is 0.919. The Balaban J connectivity index is 2.28. The average molecular weight is 335 g/mol. The largest absolute Gasteiger partial charge is 0.456 e. The van der Waals surface area contributed by atoms with Crippen LogP contribution in [0.25, 0.3) is 0 Å². The van der Waals surface area contributed by atoms with Crippen LogP contribution in [-0.4, -0.2) is 7.05 Å². The summed E-state index contributed by atoms with van der Waals surface area (Å²) in [7, 11) is 1.83. The molecule has 0 amide bonds. The zero-order valence-electron chi connectivity index (χ0n) is 10.8. The first-order valence-corrected chi connectivity index (χ1v) is 6.74. The fourth-order valence-corrected chi connectivity index (χ4v) is 1.98. The Labute approximate surface area is 125 Å². The molecule has 0 heterocycles. The van der Waals surface area contributed by atoms with E-state index in [4.69, 9.17) is 10.00 Å². The van der Waals surface area contributed by atoms with E-state index >= 15 is 0 Å². The van der Waals surface area contributed by atoms with Gasteiger partial charge in [0.2, 0.25) is 0 Å². The number of hydrogen-bond donors (Lipinski definition) is 1. The summed E-state index contributed by atoms with van der Waals surface area (Å²) in [5, 5.41) is 12.2. The normalized spacial score (nSPS) is 10.1. The van der Waals surface area contributed by atoms with Gasteiger partial charge in [0.1, 0.15) is 23.4 Å². The van der Waals surface area contributed by atoms with Gasteiger partial charge in [-0.3, -0.25) is 0 Å². The molecule has 0 aliphatic heterocycles. The Kier molecular flexibility index (Phi) is 4.72. The van der Waals surface area contributed by atoms with Gasteiger partial charge in [0.15, 0.2) is 0 Å². The van der Waals surface area contributed by atoms with E-state index in [0.29, 0.717) is 28.1 Å². The van der Waals surface area contributed by atoms with E-state index in [2.05, 4.69) is 27.3 Å². The van der Waals surface area contributed by atoms with E-state index in [1.807, 2.05) is 13.1 Å². The molecule has 2 aromatic carbocycles. The molecule has 5 heteroatoms. The molecule has 0 bridgehead atoms. The highest BCUT2D eigenvalue weighted by Gasteiger charge is 2.08. The van der Waals surface area contributed by atoms with Crippen LogP contribution >= 0.6 is 15.9 Å². The summed E-state index contributed by atoms with van der Waals surface area (Å²) in [5.74, 6) is 0.352. The lowest BCUT2D eigenvalue weighted by Gasteiger charge is -2.09. The van der Waals surface area contributed by atoms with E-state index in [1.165, 1.54) is 6.07 Å². The lowest BCUT2D eigenvalue weighted by Crippen LogP contribution is -2.05. The highest BCUT2D eigenvalue weighted by molar-refractivity contribution is 9.10. The van der Waals surface area contributed by atoms with Crippen molar-refractivity contribution in [2.45, 2.75) is 6.54 Å². The van der Waals surface area contributed by atoms with Crippen molar-refractivity contribution in [3.8, 4) is 17.6 Å². The van der Waals surface area contributed by atoms with Crippen molar-refractivity contribution in [2.24, 2.45) is 0 Å². The molecular weight excluding hydrogens is 323 g/mol. The second-order valence-corrected chi connectivity index (χ2v) is 5.00. The Hall–Kier alpha value is -1.90. The van der Waals surface area contributed by atoms with Gasteiger partial charge in [-0.2, -0.15) is 5.26 Å². The first-order chi connectivity index (χ1) is 9.63. The van der Waals surface area contributed by atoms with Crippen LogP contribution in [0, 0.1) is 17.1 Å². The van der Waals surface area contributed by atoms with Crippen molar-refractivity contribution in [1.29, 1.82) is 5.26 Å². The zero-order valence-corrected chi connectivity index (χ0v) is 12.4. The summed E-state index contributed by atoms with van der Waals surface area (Å²) < 4.78 is 19.4. The van der Waals surface area contributed by atoms with E-state index < -0.39 is 5.82 Å². The number of rotatable bonds is 4. The van der Waals surface area contributed by atoms with Crippen molar-refractivity contribution < 1.29 is 9.13 Å². The van der Waals surface area contributed by atoms with Gasteiger partial charge in [-0.25, -0.2) is 4.39 Å². The minimum Gasteiger partial charge on any atom is -0.456 e. The van der Waals surface area contributed by atoms with Crippen molar-refractivity contribution in [1.82, 2.24) is 5.32 Å². The van der Waals surface area contributed by atoms with Gasteiger partial charge in [-0.05, 0) is 52.8 Å². The van der Waals surface area contributed by atoms with Crippen LogP contribution in [0.4, 0.5) is 4.39 Å². The van der Waals surface area contributed by atoms with Crippen LogP contribution in [0.2, 0.25) is 0 Å². The van der Waals surface area contributed by atoms with Gasteiger partial charge in [0.05, 0.1) is 10.0 Å². The van der Waals surface area contributed by atoms with Crippen LogP contribution in [0.1, 0.15) is 11.1 Å². The second-order valence-electron chi connectivity index (χ2n) is 4.15. The smallest absolute Gasteiger partial charge is 0.145 e. The van der Waals surface area contributed by atoms with Gasteiger partial charge >= 0.3 is 0 Å². The number of ether oxygens (including phenoxy) is 1. The number of nitrogens with zero attached hydrogens (tertiary/aromatic N) is 1. The Morgan fingerprint density at radius 2 is 2.10 bits per heavy atom. The molecular formula is C15H12BrFN2O. The highest BCUT2D eigenvalue weighted by atomic mass is 79.9. The molecule has 2 rings (SSSR count). The molecule has 0 aromatic heterocycles. The SMILES string of the molecule is CNCc1ccc(Oc2ccc(Br)c(F)c2)c(C#N)c1. The Morgan fingerprint density at radius 3 is 2.75 bits per heavy atom. The summed E-state index contributed by atoms with van der Waals surface area (Å²) in [6.45, 7) is 0.669. The first kappa shape index (κ1) is 14.5. The highest BCUT2D eigenvalue weighted by Crippen LogP contribution is 2.28. The van der Waals surface area contributed by atoms with Crippen molar-refractivity contribution >= 4 is 15.9 Å². The third kappa shape index (κ3) is 3.35. The summed E-state index contributed by atoms with van der Waals surface area (Å²) in [5.41, 5.74) is 1.40. The number of halogens is 2. The predicted molar refractivity (Wildman–Crippen MR) is 78.1 cm³/mol. The van der Waals surface area contributed by atoms with Crippen LogP contribution in [0.3, 0.4) is 0 Å². The van der Waals surface area contributed by atoms with Crippen molar-refractivity contribution in [2.75, 3.05) is 7.05 Å². The molecule has 0 aliphatic carbocycles. The molecule has 1 N–H and O–H groups in total. The van der Waals surface area contributed by atoms with Crippen LogP contribution < -0.4 is 10.1 Å². The maximum atomic E-state index is 13.4. The molecule has 0 unspecified atom stereocenters. The van der Waals surface area contributed by atoms with Gasteiger partial charge in [0, 0.05) is 12.6 Å². The topological polar surface area (TPSA) is 45.0 Å². The molecule has 102 valence electrons. The molecule has 0 aliphatic rings. The lowest BCUT2D eigenvalue weighted by molar-refractivity contribution is 0.474. The molecule has 3 nitrogen and oxygen atoms in total. The van der Waals surface area contributed by atoms with E-state index in [1.54, 1.807) is 24.3 Å². The molecule has 0 radical (unpaired) electrons. The Morgan fingerprint density at radius 1 is 1.30 bits per heavy atom. The molecule has 0 atom stereocenters. The summed E-state index contributed by atoms with van der Waals surface area (Å²) in [6, 6.07) is 11.9. The molecule has 0 saturated heterocycles. The van der Waals surface area contributed by atoms with E-state index in [9.17, 15) is 4.39 Å². The average Bonchev–Trinajstić information content (AvgIpc) is 2.45. The van der Waals surface area contributed by atoms with Crippen LogP contribution in [0.5, 0.6) is 11.5 Å². The molecule has 20 heavy (non-hydrogen) atoms.